The van der Waals surface area contributed by atoms with Gasteiger partial charge in [-0.05, 0) is 48.9 Å². The first-order chi connectivity index (χ1) is 10.1. The summed E-state index contributed by atoms with van der Waals surface area (Å²) in [5.41, 5.74) is 2.54. The number of hydrogen-bond acceptors (Lipinski definition) is 3. The Kier molecular flexibility index (Phi) is 5.01. The van der Waals surface area contributed by atoms with Gasteiger partial charge >= 0.3 is 0 Å². The van der Waals surface area contributed by atoms with Crippen LogP contribution in [0.4, 0.5) is 5.69 Å². The lowest BCUT2D eigenvalue weighted by molar-refractivity contribution is 0.104. The van der Waals surface area contributed by atoms with Gasteiger partial charge in [-0.15, -0.1) is 0 Å². The molecule has 0 heterocycles. The van der Waals surface area contributed by atoms with Crippen LogP contribution in [-0.4, -0.2) is 12.9 Å². The summed E-state index contributed by atoms with van der Waals surface area (Å²) in [5, 5.41) is 3.72. The van der Waals surface area contributed by atoms with E-state index in [0.717, 1.165) is 17.0 Å². The number of benzene rings is 2. The Bertz CT molecular complexity index is 663. The molecule has 4 heteroatoms. The number of carbonyl (C=O) groups excluding carboxylic acids is 1. The second-order valence-electron chi connectivity index (χ2n) is 4.53. The van der Waals surface area contributed by atoms with Crippen LogP contribution in [0.5, 0.6) is 5.75 Å². The van der Waals surface area contributed by atoms with E-state index < -0.39 is 0 Å². The van der Waals surface area contributed by atoms with E-state index in [1.54, 1.807) is 37.6 Å². The van der Waals surface area contributed by atoms with Crippen LogP contribution < -0.4 is 10.1 Å². The van der Waals surface area contributed by atoms with Crippen molar-refractivity contribution in [2.45, 2.75) is 6.92 Å². The lowest BCUT2D eigenvalue weighted by Crippen LogP contribution is -1.97. The van der Waals surface area contributed by atoms with Crippen LogP contribution in [0.3, 0.4) is 0 Å². The number of nitrogens with one attached hydrogen (secondary N) is 1. The van der Waals surface area contributed by atoms with E-state index in [9.17, 15) is 4.79 Å². The summed E-state index contributed by atoms with van der Waals surface area (Å²) in [4.78, 5) is 12.0. The molecule has 0 saturated heterocycles. The Morgan fingerprint density at radius 1 is 1.19 bits per heavy atom. The van der Waals surface area contributed by atoms with Gasteiger partial charge in [0, 0.05) is 28.5 Å². The van der Waals surface area contributed by atoms with Gasteiger partial charge < -0.3 is 10.1 Å². The first-order valence-electron chi connectivity index (χ1n) is 6.48. The van der Waals surface area contributed by atoms with Crippen LogP contribution in [0.15, 0.2) is 54.7 Å². The molecule has 0 amide bonds. The molecule has 0 radical (unpaired) electrons. The zero-order valence-corrected chi connectivity index (χ0v) is 12.6. The highest BCUT2D eigenvalue weighted by Gasteiger charge is 2.02. The second kappa shape index (κ2) is 6.95. The number of hydrogen-bond donors (Lipinski definition) is 1. The average molecular weight is 302 g/mol. The average Bonchev–Trinajstić information content (AvgIpc) is 2.50. The molecule has 0 aliphatic rings. The molecule has 21 heavy (non-hydrogen) atoms. The molecule has 2 aromatic rings. The summed E-state index contributed by atoms with van der Waals surface area (Å²) in [5.74, 6) is 0.646. The van der Waals surface area contributed by atoms with Crippen molar-refractivity contribution in [3.8, 4) is 5.75 Å². The number of anilines is 1. The van der Waals surface area contributed by atoms with Gasteiger partial charge in [-0.1, -0.05) is 17.7 Å². The Morgan fingerprint density at radius 3 is 2.57 bits per heavy atom. The van der Waals surface area contributed by atoms with Gasteiger partial charge in [0.25, 0.3) is 0 Å². The highest BCUT2D eigenvalue weighted by atomic mass is 35.5. The molecule has 0 saturated carbocycles. The molecule has 2 rings (SSSR count). The number of ether oxygens (including phenoxy) is 1. The van der Waals surface area contributed by atoms with Crippen molar-refractivity contribution in [3.63, 3.8) is 0 Å². The first kappa shape index (κ1) is 15.1. The topological polar surface area (TPSA) is 38.3 Å². The van der Waals surface area contributed by atoms with Crippen LogP contribution in [0.25, 0.3) is 0 Å². The predicted octanol–water partition coefficient (Wildman–Crippen LogP) is 4.47. The van der Waals surface area contributed by atoms with Crippen LogP contribution in [0.1, 0.15) is 15.9 Å². The van der Waals surface area contributed by atoms with E-state index in [0.29, 0.717) is 10.6 Å². The van der Waals surface area contributed by atoms with E-state index >= 15 is 0 Å². The number of halogens is 1. The maximum Gasteiger partial charge on any atom is 0.187 e. The summed E-state index contributed by atoms with van der Waals surface area (Å²) < 4.78 is 5.06. The maximum absolute atomic E-state index is 12.0. The molecule has 0 atom stereocenters. The highest BCUT2D eigenvalue weighted by molar-refractivity contribution is 6.30. The summed E-state index contributed by atoms with van der Waals surface area (Å²) >= 11 is 5.94. The van der Waals surface area contributed by atoms with E-state index in [1.165, 1.54) is 6.08 Å². The summed E-state index contributed by atoms with van der Waals surface area (Å²) in [6.07, 6.45) is 3.10. The fourth-order valence-electron chi connectivity index (χ4n) is 1.81. The van der Waals surface area contributed by atoms with Crippen molar-refractivity contribution >= 4 is 23.1 Å². The number of rotatable bonds is 5. The number of aryl methyl sites for hydroxylation is 1. The zero-order valence-electron chi connectivity index (χ0n) is 11.9. The number of ketones is 1. The molecule has 3 nitrogen and oxygen atoms in total. The lowest BCUT2D eigenvalue weighted by atomic mass is 10.1. The number of carbonyl (C=O) groups is 1. The van der Waals surface area contributed by atoms with Gasteiger partial charge in [-0.2, -0.15) is 0 Å². The van der Waals surface area contributed by atoms with Gasteiger partial charge in [-0.3, -0.25) is 4.79 Å². The molecular weight excluding hydrogens is 286 g/mol. The van der Waals surface area contributed by atoms with Crippen molar-refractivity contribution < 1.29 is 9.53 Å². The van der Waals surface area contributed by atoms with Gasteiger partial charge in [0.05, 0.1) is 7.11 Å². The van der Waals surface area contributed by atoms with Gasteiger partial charge in [-0.25, -0.2) is 0 Å². The van der Waals surface area contributed by atoms with Crippen molar-refractivity contribution in [2.24, 2.45) is 0 Å². The molecule has 0 aliphatic heterocycles. The Labute approximate surface area is 129 Å². The molecule has 0 aromatic heterocycles. The van der Waals surface area contributed by atoms with Gasteiger partial charge in [0.2, 0.25) is 0 Å². The van der Waals surface area contributed by atoms with Crippen molar-refractivity contribution in [1.82, 2.24) is 0 Å². The number of methoxy groups -OCH3 is 1. The Balaban J connectivity index is 2.03. The van der Waals surface area contributed by atoms with Crippen LogP contribution in [0, 0.1) is 6.92 Å². The molecule has 0 unspecified atom stereocenters. The summed E-state index contributed by atoms with van der Waals surface area (Å²) in [7, 11) is 1.59. The largest absolute Gasteiger partial charge is 0.497 e. The Morgan fingerprint density at radius 2 is 1.90 bits per heavy atom. The normalized spacial score (nSPS) is 10.6. The predicted molar refractivity (Wildman–Crippen MR) is 86.3 cm³/mol. The van der Waals surface area contributed by atoms with Crippen LogP contribution in [0.2, 0.25) is 5.02 Å². The minimum atomic E-state index is -0.0789. The molecule has 0 spiro atoms. The smallest absolute Gasteiger partial charge is 0.187 e. The van der Waals surface area contributed by atoms with Crippen LogP contribution >= 0.6 is 11.6 Å². The van der Waals surface area contributed by atoms with Crippen molar-refractivity contribution in [3.05, 3.63) is 70.9 Å². The van der Waals surface area contributed by atoms with Crippen molar-refractivity contribution in [1.29, 1.82) is 0 Å². The van der Waals surface area contributed by atoms with Crippen molar-refractivity contribution in [2.75, 3.05) is 12.4 Å². The van der Waals surface area contributed by atoms with Gasteiger partial charge in [0.15, 0.2) is 5.78 Å². The highest BCUT2D eigenvalue weighted by Crippen LogP contribution is 2.20. The minimum absolute atomic E-state index is 0.0789. The zero-order chi connectivity index (χ0) is 15.2. The molecule has 108 valence electrons. The third-order valence-electron chi connectivity index (χ3n) is 3.05. The SMILES string of the molecule is COc1ccc(C(=O)C=CNc2cc(Cl)ccc2C)cc1. The van der Waals surface area contributed by atoms with E-state index in [2.05, 4.69) is 5.32 Å². The quantitative estimate of drug-likeness (QED) is 0.654. The monoisotopic (exact) mass is 301 g/mol. The Hall–Kier alpha value is -2.26. The van der Waals surface area contributed by atoms with Gasteiger partial charge in [0.1, 0.15) is 5.75 Å². The van der Waals surface area contributed by atoms with E-state index in [-0.39, 0.29) is 5.78 Å². The third-order valence-corrected chi connectivity index (χ3v) is 3.28. The molecular formula is C17H16ClNO2. The molecule has 0 fully saturated rings. The molecule has 1 N–H and O–H groups in total. The van der Waals surface area contributed by atoms with E-state index in [1.807, 2.05) is 25.1 Å². The third kappa shape index (κ3) is 4.10. The molecule has 2 aromatic carbocycles. The lowest BCUT2D eigenvalue weighted by Gasteiger charge is -2.05. The standard InChI is InChI=1S/C17H16ClNO2/c1-12-3-6-14(18)11-16(12)19-10-9-17(20)13-4-7-15(21-2)8-5-13/h3-11,19H,1-2H3. The van der Waals surface area contributed by atoms with Crippen LogP contribution in [-0.2, 0) is 0 Å². The fraction of sp³-hybridized carbons (Fsp3) is 0.118. The summed E-state index contributed by atoms with van der Waals surface area (Å²) in [6, 6.07) is 12.6. The number of allylic oxidation sites excluding steroid dienone is 1. The minimum Gasteiger partial charge on any atom is -0.497 e. The molecule has 0 bridgehead atoms. The second-order valence-corrected chi connectivity index (χ2v) is 4.97. The van der Waals surface area contributed by atoms with E-state index in [4.69, 9.17) is 16.3 Å². The maximum atomic E-state index is 12.0. The summed E-state index contributed by atoms with van der Waals surface area (Å²) in [6.45, 7) is 1.97. The first-order valence-corrected chi connectivity index (χ1v) is 6.85. The fourth-order valence-corrected chi connectivity index (χ4v) is 1.98. The molecule has 0 aliphatic carbocycles.